The number of benzene rings is 2. The van der Waals surface area contributed by atoms with Crippen LogP contribution < -0.4 is 15.4 Å². The SMILES string of the molecule is CNCCCCOc1ccc(C(C)N2C3CCC2CC(NC(=O)c2ccc(F)c(F)c2)C3)c(C)c1C. The van der Waals surface area contributed by atoms with Gasteiger partial charge in [-0.15, -0.1) is 0 Å². The molecule has 1 amide bonds. The number of amides is 1. The molecule has 0 saturated carbocycles. The molecule has 0 spiro atoms. The van der Waals surface area contributed by atoms with Crippen LogP contribution in [0.4, 0.5) is 8.78 Å². The van der Waals surface area contributed by atoms with Gasteiger partial charge in [-0.3, -0.25) is 9.69 Å². The maximum Gasteiger partial charge on any atom is 0.251 e. The van der Waals surface area contributed by atoms with E-state index in [0.29, 0.717) is 12.1 Å². The third kappa shape index (κ3) is 5.73. The molecule has 7 heteroatoms. The fraction of sp³-hybridized carbons (Fsp3) is 0.552. The van der Waals surface area contributed by atoms with Crippen LogP contribution in [0.3, 0.4) is 0 Å². The van der Waals surface area contributed by atoms with Gasteiger partial charge in [-0.25, -0.2) is 8.78 Å². The smallest absolute Gasteiger partial charge is 0.251 e. The first-order chi connectivity index (χ1) is 17.3. The second-order valence-corrected chi connectivity index (χ2v) is 10.3. The molecule has 2 aliphatic heterocycles. The second-order valence-electron chi connectivity index (χ2n) is 10.3. The van der Waals surface area contributed by atoms with Crippen molar-refractivity contribution in [2.75, 3.05) is 20.2 Å². The maximum absolute atomic E-state index is 13.6. The Kier molecular flexibility index (Phi) is 8.62. The minimum Gasteiger partial charge on any atom is -0.493 e. The van der Waals surface area contributed by atoms with Crippen LogP contribution in [0, 0.1) is 25.5 Å². The maximum atomic E-state index is 13.6. The number of nitrogens with one attached hydrogen (secondary N) is 2. The van der Waals surface area contributed by atoms with Crippen molar-refractivity contribution in [3.05, 3.63) is 64.2 Å². The highest BCUT2D eigenvalue weighted by Gasteiger charge is 2.43. The summed E-state index contributed by atoms with van der Waals surface area (Å²) in [5, 5.41) is 6.23. The third-order valence-corrected chi connectivity index (χ3v) is 8.06. The van der Waals surface area contributed by atoms with Crippen molar-refractivity contribution < 1.29 is 18.3 Å². The van der Waals surface area contributed by atoms with Crippen molar-refractivity contribution in [2.45, 2.75) is 83.5 Å². The van der Waals surface area contributed by atoms with Crippen LogP contribution in [-0.2, 0) is 0 Å². The van der Waals surface area contributed by atoms with Crippen molar-refractivity contribution in [2.24, 2.45) is 0 Å². The Bertz CT molecular complexity index is 1060. The van der Waals surface area contributed by atoms with Gasteiger partial charge in [-0.1, -0.05) is 6.07 Å². The lowest BCUT2D eigenvalue weighted by Crippen LogP contribution is -2.51. The molecule has 2 heterocycles. The van der Waals surface area contributed by atoms with Crippen molar-refractivity contribution in [3.63, 3.8) is 0 Å². The number of ether oxygens (including phenoxy) is 1. The average molecular weight is 500 g/mol. The number of hydrogen-bond donors (Lipinski definition) is 2. The Hall–Kier alpha value is -2.51. The van der Waals surface area contributed by atoms with E-state index in [1.54, 1.807) is 0 Å². The van der Waals surface area contributed by atoms with Crippen LogP contribution in [0.15, 0.2) is 30.3 Å². The molecule has 4 rings (SSSR count). The molecule has 2 N–H and O–H groups in total. The number of nitrogens with zero attached hydrogens (tertiary/aromatic N) is 1. The summed E-state index contributed by atoms with van der Waals surface area (Å²) in [6, 6.07) is 8.71. The quantitative estimate of drug-likeness (QED) is 0.427. The molecule has 2 saturated heterocycles. The van der Waals surface area contributed by atoms with E-state index >= 15 is 0 Å². The Morgan fingerprint density at radius 1 is 1.06 bits per heavy atom. The first kappa shape index (κ1) is 26.6. The van der Waals surface area contributed by atoms with Crippen molar-refractivity contribution in [3.8, 4) is 5.75 Å². The molecular weight excluding hydrogens is 460 g/mol. The summed E-state index contributed by atoms with van der Waals surface area (Å²) in [5.41, 5.74) is 3.97. The van der Waals surface area contributed by atoms with Gasteiger partial charge >= 0.3 is 0 Å². The van der Waals surface area contributed by atoms with Gasteiger partial charge < -0.3 is 15.4 Å². The van der Waals surface area contributed by atoms with E-state index in [0.717, 1.165) is 69.6 Å². The van der Waals surface area contributed by atoms with Gasteiger partial charge in [0.15, 0.2) is 11.6 Å². The summed E-state index contributed by atoms with van der Waals surface area (Å²) in [7, 11) is 1.97. The molecule has 0 radical (unpaired) electrons. The molecule has 2 aliphatic rings. The van der Waals surface area contributed by atoms with Gasteiger partial charge in [0.25, 0.3) is 5.91 Å². The van der Waals surface area contributed by atoms with E-state index in [9.17, 15) is 13.6 Å². The molecule has 2 aromatic carbocycles. The Labute approximate surface area is 213 Å². The lowest BCUT2D eigenvalue weighted by atomic mass is 9.91. The van der Waals surface area contributed by atoms with E-state index in [4.69, 9.17) is 4.74 Å². The van der Waals surface area contributed by atoms with Crippen molar-refractivity contribution in [1.82, 2.24) is 15.5 Å². The van der Waals surface area contributed by atoms with Crippen LogP contribution in [0.1, 0.15) is 78.5 Å². The predicted molar refractivity (Wildman–Crippen MR) is 138 cm³/mol. The molecule has 0 aromatic heterocycles. The molecule has 2 fully saturated rings. The number of carbonyl (C=O) groups excluding carboxylic acids is 1. The lowest BCUT2D eigenvalue weighted by molar-refractivity contribution is 0.0689. The van der Waals surface area contributed by atoms with E-state index in [-0.39, 0.29) is 23.6 Å². The van der Waals surface area contributed by atoms with Crippen molar-refractivity contribution >= 4 is 5.91 Å². The van der Waals surface area contributed by atoms with E-state index in [1.807, 2.05) is 7.05 Å². The highest BCUT2D eigenvalue weighted by atomic mass is 19.2. The summed E-state index contributed by atoms with van der Waals surface area (Å²) in [6.45, 7) is 8.34. The van der Waals surface area contributed by atoms with Crippen LogP contribution in [0.2, 0.25) is 0 Å². The Balaban J connectivity index is 1.38. The first-order valence-corrected chi connectivity index (χ1v) is 13.2. The zero-order valence-corrected chi connectivity index (χ0v) is 21.9. The highest BCUT2D eigenvalue weighted by molar-refractivity contribution is 5.94. The standard InChI is InChI=1S/C29H39F2N3O2/c1-18-19(2)28(36-14-6-5-13-32-4)12-10-25(18)20(3)34-23-8-9-24(34)17-22(16-23)33-29(35)21-7-11-26(30)27(31)15-21/h7,10-12,15,20,22-24,32H,5-6,8-9,13-14,16-17H2,1-4H3,(H,33,35). The number of halogens is 2. The summed E-state index contributed by atoms with van der Waals surface area (Å²) in [4.78, 5) is 15.3. The van der Waals surface area contributed by atoms with E-state index < -0.39 is 11.6 Å². The lowest BCUT2D eigenvalue weighted by Gasteiger charge is -2.43. The Morgan fingerprint density at radius 3 is 2.44 bits per heavy atom. The van der Waals surface area contributed by atoms with Gasteiger partial charge in [0, 0.05) is 29.7 Å². The third-order valence-electron chi connectivity index (χ3n) is 8.06. The topological polar surface area (TPSA) is 53.6 Å². The molecular formula is C29H39F2N3O2. The van der Waals surface area contributed by atoms with E-state index in [1.165, 1.54) is 22.8 Å². The molecule has 196 valence electrons. The zero-order valence-electron chi connectivity index (χ0n) is 21.9. The summed E-state index contributed by atoms with van der Waals surface area (Å²) in [5.74, 6) is -1.31. The molecule has 36 heavy (non-hydrogen) atoms. The first-order valence-electron chi connectivity index (χ1n) is 13.2. The number of piperidine rings is 1. The summed E-state index contributed by atoms with van der Waals surface area (Å²) >= 11 is 0. The largest absolute Gasteiger partial charge is 0.493 e. The van der Waals surface area contributed by atoms with Gasteiger partial charge in [0.1, 0.15) is 5.75 Å². The minimum atomic E-state index is -0.998. The number of rotatable bonds is 10. The summed E-state index contributed by atoms with van der Waals surface area (Å²) < 4.78 is 32.9. The fourth-order valence-corrected chi connectivity index (χ4v) is 6.04. The zero-order chi connectivity index (χ0) is 25.8. The van der Waals surface area contributed by atoms with E-state index in [2.05, 4.69) is 48.4 Å². The van der Waals surface area contributed by atoms with Crippen LogP contribution in [0.5, 0.6) is 5.75 Å². The average Bonchev–Trinajstić information content (AvgIpc) is 3.13. The van der Waals surface area contributed by atoms with Crippen LogP contribution in [-0.4, -0.2) is 49.1 Å². The predicted octanol–water partition coefficient (Wildman–Crippen LogP) is 5.45. The van der Waals surface area contributed by atoms with Crippen molar-refractivity contribution in [1.29, 1.82) is 0 Å². The molecule has 0 aliphatic carbocycles. The monoisotopic (exact) mass is 499 g/mol. The number of fused-ring (bicyclic) bond motifs is 2. The molecule has 3 unspecified atom stereocenters. The molecule has 3 atom stereocenters. The number of hydrogen-bond acceptors (Lipinski definition) is 4. The highest BCUT2D eigenvalue weighted by Crippen LogP contribution is 2.43. The number of unbranched alkanes of at least 4 members (excludes halogenated alkanes) is 1. The molecule has 2 bridgehead atoms. The van der Waals surface area contributed by atoms with Gasteiger partial charge in [0.05, 0.1) is 6.61 Å². The normalized spacial score (nSPS) is 22.4. The minimum absolute atomic E-state index is 0.0353. The van der Waals surface area contributed by atoms with Crippen LogP contribution in [0.25, 0.3) is 0 Å². The van der Waals surface area contributed by atoms with Gasteiger partial charge in [0.2, 0.25) is 0 Å². The summed E-state index contributed by atoms with van der Waals surface area (Å²) in [6.07, 6.45) is 6.08. The molecule has 2 aromatic rings. The van der Waals surface area contributed by atoms with Gasteiger partial charge in [-0.05, 0) is 114 Å². The van der Waals surface area contributed by atoms with Gasteiger partial charge in [-0.2, -0.15) is 0 Å². The Morgan fingerprint density at radius 2 is 1.78 bits per heavy atom. The van der Waals surface area contributed by atoms with Crippen LogP contribution >= 0.6 is 0 Å². The molecule has 5 nitrogen and oxygen atoms in total. The second kappa shape index (κ2) is 11.7. The fourth-order valence-electron chi connectivity index (χ4n) is 6.04. The number of carbonyl (C=O) groups is 1.